The van der Waals surface area contributed by atoms with Crippen molar-refractivity contribution in [3.05, 3.63) is 89.0 Å². The SMILES string of the molecule is COc1ccc(/C(C#N)=C/c2ccccc2OCc2ccc(C)cc2)cc1OC. The molecule has 3 aromatic rings. The molecule has 3 rings (SSSR count). The van der Waals surface area contributed by atoms with Gasteiger partial charge in [0.05, 0.1) is 25.9 Å². The molecule has 0 aliphatic carbocycles. The smallest absolute Gasteiger partial charge is 0.161 e. The Balaban J connectivity index is 1.88. The number of para-hydroxylation sites is 1. The summed E-state index contributed by atoms with van der Waals surface area (Å²) >= 11 is 0. The van der Waals surface area contributed by atoms with Crippen molar-refractivity contribution in [2.24, 2.45) is 0 Å². The first kappa shape index (κ1) is 20.0. The van der Waals surface area contributed by atoms with Crippen LogP contribution in [0, 0.1) is 18.3 Å². The first-order valence-electron chi connectivity index (χ1n) is 9.26. The van der Waals surface area contributed by atoms with Gasteiger partial charge in [-0.25, -0.2) is 0 Å². The second-order valence-electron chi connectivity index (χ2n) is 6.55. The maximum Gasteiger partial charge on any atom is 0.161 e. The number of hydrogen-bond acceptors (Lipinski definition) is 4. The van der Waals surface area contributed by atoms with Crippen LogP contribution in [-0.2, 0) is 6.61 Å². The van der Waals surface area contributed by atoms with Gasteiger partial charge in [0, 0.05) is 5.56 Å². The minimum absolute atomic E-state index is 0.462. The van der Waals surface area contributed by atoms with E-state index in [1.54, 1.807) is 26.4 Å². The van der Waals surface area contributed by atoms with Crippen LogP contribution in [0.4, 0.5) is 0 Å². The molecule has 0 aliphatic heterocycles. The lowest BCUT2D eigenvalue weighted by Gasteiger charge is -2.11. The van der Waals surface area contributed by atoms with Gasteiger partial charge in [0.2, 0.25) is 0 Å². The average molecular weight is 385 g/mol. The van der Waals surface area contributed by atoms with Crippen molar-refractivity contribution in [3.8, 4) is 23.3 Å². The summed E-state index contributed by atoms with van der Waals surface area (Å²) in [5.74, 6) is 1.92. The molecule has 0 saturated carbocycles. The highest BCUT2D eigenvalue weighted by atomic mass is 16.5. The van der Waals surface area contributed by atoms with E-state index in [1.165, 1.54) is 5.56 Å². The van der Waals surface area contributed by atoms with Crippen LogP contribution in [0.25, 0.3) is 11.6 Å². The zero-order valence-corrected chi connectivity index (χ0v) is 16.8. The van der Waals surface area contributed by atoms with Gasteiger partial charge < -0.3 is 14.2 Å². The standard InChI is InChI=1S/C25H23NO3/c1-18-8-10-19(11-9-18)17-29-23-7-5-4-6-21(23)14-22(16-26)20-12-13-24(27-2)25(15-20)28-3/h4-15H,17H2,1-3H3/b22-14+. The van der Waals surface area contributed by atoms with Crippen LogP contribution in [0.3, 0.4) is 0 Å². The van der Waals surface area contributed by atoms with E-state index in [1.807, 2.05) is 36.4 Å². The van der Waals surface area contributed by atoms with Crippen molar-refractivity contribution >= 4 is 11.6 Å². The highest BCUT2D eigenvalue weighted by molar-refractivity contribution is 5.91. The molecule has 0 amide bonds. The van der Waals surface area contributed by atoms with Crippen LogP contribution in [0.5, 0.6) is 17.2 Å². The largest absolute Gasteiger partial charge is 0.493 e. The molecular weight excluding hydrogens is 362 g/mol. The van der Waals surface area contributed by atoms with Crippen LogP contribution in [0.15, 0.2) is 66.7 Å². The van der Waals surface area contributed by atoms with Crippen LogP contribution in [-0.4, -0.2) is 14.2 Å². The molecule has 0 fully saturated rings. The minimum atomic E-state index is 0.462. The van der Waals surface area contributed by atoms with Crippen LogP contribution < -0.4 is 14.2 Å². The molecule has 0 saturated heterocycles. The lowest BCUT2D eigenvalue weighted by atomic mass is 10.0. The minimum Gasteiger partial charge on any atom is -0.493 e. The second-order valence-corrected chi connectivity index (χ2v) is 6.55. The van der Waals surface area contributed by atoms with E-state index in [2.05, 4.69) is 37.3 Å². The fourth-order valence-corrected chi connectivity index (χ4v) is 2.92. The Bertz CT molecular complexity index is 1050. The van der Waals surface area contributed by atoms with Gasteiger partial charge in [0.1, 0.15) is 12.4 Å². The van der Waals surface area contributed by atoms with Gasteiger partial charge in [-0.2, -0.15) is 5.26 Å². The zero-order valence-electron chi connectivity index (χ0n) is 16.8. The molecule has 0 atom stereocenters. The number of allylic oxidation sites excluding steroid dienone is 1. The van der Waals surface area contributed by atoms with Gasteiger partial charge in [0.15, 0.2) is 11.5 Å². The summed E-state index contributed by atoms with van der Waals surface area (Å²) in [6.45, 7) is 2.52. The summed E-state index contributed by atoms with van der Waals surface area (Å²) in [6.07, 6.45) is 1.83. The Kier molecular flexibility index (Phi) is 6.55. The molecule has 0 aliphatic rings. The van der Waals surface area contributed by atoms with Gasteiger partial charge in [-0.15, -0.1) is 0 Å². The first-order chi connectivity index (χ1) is 14.1. The Morgan fingerprint density at radius 2 is 1.62 bits per heavy atom. The van der Waals surface area contributed by atoms with E-state index in [0.717, 1.165) is 22.4 Å². The predicted octanol–water partition coefficient (Wildman–Crippen LogP) is 5.66. The molecule has 3 aromatic carbocycles. The molecule has 146 valence electrons. The van der Waals surface area contributed by atoms with Gasteiger partial charge in [-0.1, -0.05) is 48.0 Å². The van der Waals surface area contributed by atoms with E-state index in [0.29, 0.717) is 23.7 Å². The van der Waals surface area contributed by atoms with Crippen LogP contribution in [0.2, 0.25) is 0 Å². The number of rotatable bonds is 7. The highest BCUT2D eigenvalue weighted by Crippen LogP contribution is 2.32. The Morgan fingerprint density at radius 3 is 2.31 bits per heavy atom. The summed E-state index contributed by atoms with van der Waals surface area (Å²) in [4.78, 5) is 0. The fraction of sp³-hybridized carbons (Fsp3) is 0.160. The first-order valence-corrected chi connectivity index (χ1v) is 9.26. The molecule has 4 nitrogen and oxygen atoms in total. The van der Waals surface area contributed by atoms with Gasteiger partial charge in [0.25, 0.3) is 0 Å². The third-order valence-electron chi connectivity index (χ3n) is 4.55. The molecule has 0 bridgehead atoms. The van der Waals surface area contributed by atoms with Gasteiger partial charge in [-0.3, -0.25) is 0 Å². The van der Waals surface area contributed by atoms with Crippen molar-refractivity contribution in [3.63, 3.8) is 0 Å². The number of nitriles is 1. The molecule has 0 unspecified atom stereocenters. The van der Waals surface area contributed by atoms with Crippen molar-refractivity contribution in [1.29, 1.82) is 5.26 Å². The van der Waals surface area contributed by atoms with Gasteiger partial charge in [-0.05, 0) is 48.4 Å². The Hall–Kier alpha value is -3.71. The Morgan fingerprint density at radius 1 is 0.897 bits per heavy atom. The molecule has 4 heteroatoms. The fourth-order valence-electron chi connectivity index (χ4n) is 2.92. The maximum absolute atomic E-state index is 9.72. The predicted molar refractivity (Wildman–Crippen MR) is 115 cm³/mol. The van der Waals surface area contributed by atoms with E-state index in [-0.39, 0.29) is 0 Å². The Labute approximate surface area is 171 Å². The summed E-state index contributed by atoms with van der Waals surface area (Å²) in [5, 5.41) is 9.72. The van der Waals surface area contributed by atoms with Crippen molar-refractivity contribution in [2.75, 3.05) is 14.2 Å². The van der Waals surface area contributed by atoms with E-state index < -0.39 is 0 Å². The van der Waals surface area contributed by atoms with E-state index in [4.69, 9.17) is 14.2 Å². The molecule has 0 spiro atoms. The molecule has 0 radical (unpaired) electrons. The number of methoxy groups -OCH3 is 2. The number of hydrogen-bond donors (Lipinski definition) is 0. The zero-order chi connectivity index (χ0) is 20.6. The van der Waals surface area contributed by atoms with E-state index >= 15 is 0 Å². The lowest BCUT2D eigenvalue weighted by Crippen LogP contribution is -1.97. The average Bonchev–Trinajstić information content (AvgIpc) is 2.77. The number of benzene rings is 3. The summed E-state index contributed by atoms with van der Waals surface area (Å²) in [5.41, 5.74) is 4.40. The van der Waals surface area contributed by atoms with Crippen LogP contribution >= 0.6 is 0 Å². The summed E-state index contributed by atoms with van der Waals surface area (Å²) in [7, 11) is 3.16. The molecule has 0 N–H and O–H groups in total. The van der Waals surface area contributed by atoms with E-state index in [9.17, 15) is 5.26 Å². The monoisotopic (exact) mass is 385 g/mol. The highest BCUT2D eigenvalue weighted by Gasteiger charge is 2.10. The van der Waals surface area contributed by atoms with Crippen molar-refractivity contribution in [2.45, 2.75) is 13.5 Å². The lowest BCUT2D eigenvalue weighted by molar-refractivity contribution is 0.305. The van der Waals surface area contributed by atoms with Crippen LogP contribution in [0.1, 0.15) is 22.3 Å². The molecular formula is C25H23NO3. The van der Waals surface area contributed by atoms with Gasteiger partial charge >= 0.3 is 0 Å². The number of aryl methyl sites for hydroxylation is 1. The molecule has 0 aromatic heterocycles. The van der Waals surface area contributed by atoms with Crippen molar-refractivity contribution in [1.82, 2.24) is 0 Å². The summed E-state index contributed by atoms with van der Waals surface area (Å²) < 4.78 is 16.7. The van der Waals surface area contributed by atoms with Crippen molar-refractivity contribution < 1.29 is 14.2 Å². The quantitative estimate of drug-likeness (QED) is 0.389. The number of ether oxygens (including phenoxy) is 3. The maximum atomic E-state index is 9.72. The molecule has 29 heavy (non-hydrogen) atoms. The summed E-state index contributed by atoms with van der Waals surface area (Å²) in [6, 6.07) is 23.6. The normalized spacial score (nSPS) is 10.9. The number of nitrogens with zero attached hydrogens (tertiary/aromatic N) is 1. The third kappa shape index (κ3) is 4.97. The topological polar surface area (TPSA) is 51.5 Å². The third-order valence-corrected chi connectivity index (χ3v) is 4.55. The molecule has 0 heterocycles. The second kappa shape index (κ2) is 9.48.